The molecule has 28 heavy (non-hydrogen) atoms. The monoisotopic (exact) mass is 375 g/mol. The standard InChI is InChI=1S/C22H22FN5/c1-27-15-25-12-21(27)14-28-13-20(26-11-16-2-5-19(23)6-3-16)9-18-8-17(10-24)4-7-22(18)28/h2-8,12,15,20,26H,9,11,13-14H2,1H3. The highest BCUT2D eigenvalue weighted by molar-refractivity contribution is 5.59. The molecule has 0 aliphatic carbocycles. The van der Waals surface area contributed by atoms with Gasteiger partial charge in [-0.25, -0.2) is 9.37 Å². The number of hydrogen-bond acceptors (Lipinski definition) is 4. The number of aryl methyl sites for hydroxylation is 1. The second kappa shape index (κ2) is 7.83. The van der Waals surface area contributed by atoms with E-state index in [1.807, 2.05) is 42.3 Å². The van der Waals surface area contributed by atoms with Crippen molar-refractivity contribution in [3.63, 3.8) is 0 Å². The van der Waals surface area contributed by atoms with E-state index >= 15 is 0 Å². The molecule has 1 aromatic heterocycles. The van der Waals surface area contributed by atoms with Crippen LogP contribution < -0.4 is 10.2 Å². The zero-order chi connectivity index (χ0) is 19.5. The molecule has 1 atom stereocenters. The van der Waals surface area contributed by atoms with Crippen LogP contribution >= 0.6 is 0 Å². The molecule has 142 valence electrons. The van der Waals surface area contributed by atoms with Gasteiger partial charge < -0.3 is 14.8 Å². The van der Waals surface area contributed by atoms with E-state index < -0.39 is 0 Å². The van der Waals surface area contributed by atoms with Crippen LogP contribution in [0.1, 0.15) is 22.4 Å². The van der Waals surface area contributed by atoms with Gasteiger partial charge in [0.15, 0.2) is 0 Å². The SMILES string of the molecule is Cn1cncc1CN1CC(NCc2ccc(F)cc2)Cc2cc(C#N)ccc21. The topological polar surface area (TPSA) is 56.9 Å². The Labute approximate surface area is 164 Å². The summed E-state index contributed by atoms with van der Waals surface area (Å²) in [5, 5.41) is 12.9. The quantitative estimate of drug-likeness (QED) is 0.744. The minimum absolute atomic E-state index is 0.221. The molecular formula is C22H22FN5. The number of anilines is 1. The van der Waals surface area contributed by atoms with Crippen LogP contribution in [0.2, 0.25) is 0 Å². The number of benzene rings is 2. The Morgan fingerprint density at radius 1 is 1.25 bits per heavy atom. The van der Waals surface area contributed by atoms with E-state index in [9.17, 15) is 9.65 Å². The molecule has 1 N–H and O–H groups in total. The van der Waals surface area contributed by atoms with Gasteiger partial charge in [-0.15, -0.1) is 0 Å². The molecular weight excluding hydrogens is 353 g/mol. The minimum Gasteiger partial charge on any atom is -0.364 e. The van der Waals surface area contributed by atoms with Gasteiger partial charge in [0.25, 0.3) is 0 Å². The lowest BCUT2D eigenvalue weighted by Gasteiger charge is -2.36. The van der Waals surface area contributed by atoms with E-state index in [2.05, 4.69) is 21.3 Å². The maximum atomic E-state index is 13.1. The maximum Gasteiger partial charge on any atom is 0.123 e. The predicted molar refractivity (Wildman–Crippen MR) is 106 cm³/mol. The van der Waals surface area contributed by atoms with Gasteiger partial charge >= 0.3 is 0 Å². The fourth-order valence-electron chi connectivity index (χ4n) is 3.70. The number of rotatable bonds is 5. The van der Waals surface area contributed by atoms with Gasteiger partial charge in [0.05, 0.1) is 30.2 Å². The van der Waals surface area contributed by atoms with Gasteiger partial charge in [-0.05, 0) is 47.9 Å². The molecule has 0 saturated carbocycles. The highest BCUT2D eigenvalue weighted by atomic mass is 19.1. The number of nitriles is 1. The van der Waals surface area contributed by atoms with E-state index in [0.29, 0.717) is 12.1 Å². The number of fused-ring (bicyclic) bond motifs is 1. The molecule has 6 heteroatoms. The van der Waals surface area contributed by atoms with Crippen LogP contribution in [0.15, 0.2) is 55.0 Å². The Hall–Kier alpha value is -3.17. The van der Waals surface area contributed by atoms with Crippen molar-refractivity contribution in [2.75, 3.05) is 11.4 Å². The van der Waals surface area contributed by atoms with Crippen LogP contribution in [-0.4, -0.2) is 22.1 Å². The Morgan fingerprint density at radius 2 is 2.07 bits per heavy atom. The number of nitrogens with zero attached hydrogens (tertiary/aromatic N) is 4. The highest BCUT2D eigenvalue weighted by Gasteiger charge is 2.25. The fraction of sp³-hybridized carbons (Fsp3) is 0.273. The molecule has 1 aliphatic rings. The first-order chi connectivity index (χ1) is 13.6. The summed E-state index contributed by atoms with van der Waals surface area (Å²) in [6, 6.07) is 15.0. The Balaban J connectivity index is 1.55. The molecule has 0 radical (unpaired) electrons. The summed E-state index contributed by atoms with van der Waals surface area (Å²) in [7, 11) is 2.00. The average Bonchev–Trinajstić information content (AvgIpc) is 3.11. The first-order valence-electron chi connectivity index (χ1n) is 9.33. The van der Waals surface area contributed by atoms with Crippen molar-refractivity contribution in [1.29, 1.82) is 5.26 Å². The summed E-state index contributed by atoms with van der Waals surface area (Å²) in [5.74, 6) is -0.221. The molecule has 1 unspecified atom stereocenters. The summed E-state index contributed by atoms with van der Waals surface area (Å²) in [6.07, 6.45) is 4.55. The van der Waals surface area contributed by atoms with E-state index in [1.54, 1.807) is 12.1 Å². The maximum absolute atomic E-state index is 13.1. The van der Waals surface area contributed by atoms with Crippen LogP contribution in [0.4, 0.5) is 10.1 Å². The van der Waals surface area contributed by atoms with E-state index in [1.165, 1.54) is 23.4 Å². The van der Waals surface area contributed by atoms with Crippen molar-refractivity contribution in [3.8, 4) is 6.07 Å². The van der Waals surface area contributed by atoms with Crippen LogP contribution in [0.25, 0.3) is 0 Å². The van der Waals surface area contributed by atoms with Crippen molar-refractivity contribution in [2.45, 2.75) is 25.6 Å². The number of imidazole rings is 1. The summed E-state index contributed by atoms with van der Waals surface area (Å²) in [4.78, 5) is 6.55. The molecule has 0 bridgehead atoms. The van der Waals surface area contributed by atoms with Gasteiger partial charge in [-0.2, -0.15) is 5.26 Å². The zero-order valence-electron chi connectivity index (χ0n) is 15.8. The Morgan fingerprint density at radius 3 is 2.79 bits per heavy atom. The Bertz CT molecular complexity index is 1000. The molecule has 0 amide bonds. The first-order valence-corrected chi connectivity index (χ1v) is 9.33. The predicted octanol–water partition coefficient (Wildman–Crippen LogP) is 3.15. The third kappa shape index (κ3) is 3.90. The molecule has 0 saturated heterocycles. The number of nitrogens with one attached hydrogen (secondary N) is 1. The largest absolute Gasteiger partial charge is 0.364 e. The number of hydrogen-bond donors (Lipinski definition) is 1. The lowest BCUT2D eigenvalue weighted by molar-refractivity contribution is 0.478. The van der Waals surface area contributed by atoms with Crippen LogP contribution in [0, 0.1) is 17.1 Å². The molecule has 2 aromatic carbocycles. The van der Waals surface area contributed by atoms with Crippen molar-refractivity contribution in [2.24, 2.45) is 7.05 Å². The summed E-state index contributed by atoms with van der Waals surface area (Å²) in [6.45, 7) is 2.28. The molecule has 1 aliphatic heterocycles. The van der Waals surface area contributed by atoms with E-state index in [0.717, 1.165) is 30.8 Å². The fourth-order valence-corrected chi connectivity index (χ4v) is 3.70. The lowest BCUT2D eigenvalue weighted by Crippen LogP contribution is -2.46. The van der Waals surface area contributed by atoms with E-state index in [-0.39, 0.29) is 11.9 Å². The van der Waals surface area contributed by atoms with Crippen LogP contribution in [0.3, 0.4) is 0 Å². The summed E-state index contributed by atoms with van der Waals surface area (Å²) < 4.78 is 15.1. The smallest absolute Gasteiger partial charge is 0.123 e. The third-order valence-corrected chi connectivity index (χ3v) is 5.23. The second-order valence-electron chi connectivity index (χ2n) is 7.24. The lowest BCUT2D eigenvalue weighted by atomic mass is 9.95. The molecule has 0 spiro atoms. The van der Waals surface area contributed by atoms with Crippen molar-refractivity contribution >= 4 is 5.69 Å². The Kier molecular flexibility index (Phi) is 5.09. The van der Waals surface area contributed by atoms with Crippen LogP contribution in [-0.2, 0) is 26.6 Å². The summed E-state index contributed by atoms with van der Waals surface area (Å²) in [5.41, 5.74) is 5.20. The van der Waals surface area contributed by atoms with Gasteiger partial charge in [0.1, 0.15) is 5.82 Å². The molecule has 5 nitrogen and oxygen atoms in total. The van der Waals surface area contributed by atoms with Gasteiger partial charge in [0.2, 0.25) is 0 Å². The number of aromatic nitrogens is 2. The third-order valence-electron chi connectivity index (χ3n) is 5.23. The van der Waals surface area contributed by atoms with E-state index in [4.69, 9.17) is 0 Å². The van der Waals surface area contributed by atoms with Crippen molar-refractivity contribution in [1.82, 2.24) is 14.9 Å². The highest BCUT2D eigenvalue weighted by Crippen LogP contribution is 2.29. The first kappa shape index (κ1) is 18.2. The molecule has 3 aromatic rings. The van der Waals surface area contributed by atoms with Crippen molar-refractivity contribution < 1.29 is 4.39 Å². The van der Waals surface area contributed by atoms with Crippen LogP contribution in [0.5, 0.6) is 0 Å². The molecule has 4 rings (SSSR count). The molecule has 0 fully saturated rings. The average molecular weight is 375 g/mol. The minimum atomic E-state index is -0.221. The normalized spacial score (nSPS) is 15.9. The second-order valence-corrected chi connectivity index (χ2v) is 7.24. The zero-order valence-corrected chi connectivity index (χ0v) is 15.8. The van der Waals surface area contributed by atoms with Gasteiger partial charge in [0, 0.05) is 38.1 Å². The van der Waals surface area contributed by atoms with Gasteiger partial charge in [-0.3, -0.25) is 0 Å². The number of halogens is 1. The molecule has 2 heterocycles. The van der Waals surface area contributed by atoms with Crippen molar-refractivity contribution in [3.05, 3.63) is 83.2 Å². The summed E-state index contributed by atoms with van der Waals surface area (Å²) >= 11 is 0. The van der Waals surface area contributed by atoms with Gasteiger partial charge in [-0.1, -0.05) is 12.1 Å².